The minimum absolute atomic E-state index is 0.188. The van der Waals surface area contributed by atoms with Crippen molar-refractivity contribution in [3.63, 3.8) is 0 Å². The van der Waals surface area contributed by atoms with Crippen LogP contribution in [0.1, 0.15) is 29.4 Å². The van der Waals surface area contributed by atoms with Crippen molar-refractivity contribution in [3.8, 4) is 5.69 Å². The summed E-state index contributed by atoms with van der Waals surface area (Å²) < 4.78 is 8.49. The van der Waals surface area contributed by atoms with Crippen LogP contribution in [0, 0.1) is 0 Å². The number of esters is 1. The normalized spacial score (nSPS) is 13.2. The van der Waals surface area contributed by atoms with Crippen LogP contribution in [0.4, 0.5) is 0 Å². The number of ether oxygens (including phenoxy) is 1. The molecular formula is C15H16N2O3. The number of hydrogen-bond acceptors (Lipinski definition) is 3. The molecule has 2 heterocycles. The van der Waals surface area contributed by atoms with Crippen molar-refractivity contribution in [2.75, 3.05) is 6.61 Å². The first-order valence-corrected chi connectivity index (χ1v) is 6.81. The lowest BCUT2D eigenvalue weighted by molar-refractivity contribution is 0.0523. The van der Waals surface area contributed by atoms with E-state index in [4.69, 9.17) is 4.74 Å². The third-order valence-electron chi connectivity index (χ3n) is 3.51. The molecule has 0 amide bonds. The molecule has 1 aliphatic rings. The zero-order valence-corrected chi connectivity index (χ0v) is 11.3. The predicted molar refractivity (Wildman–Crippen MR) is 74.3 cm³/mol. The summed E-state index contributed by atoms with van der Waals surface area (Å²) in [6.07, 6.45) is 1.68. The summed E-state index contributed by atoms with van der Waals surface area (Å²) in [5.74, 6) is -0.516. The lowest BCUT2D eigenvalue weighted by Gasteiger charge is -2.08. The van der Waals surface area contributed by atoms with Gasteiger partial charge in [0.25, 0.3) is 5.56 Å². The number of benzene rings is 1. The van der Waals surface area contributed by atoms with Crippen LogP contribution in [-0.4, -0.2) is 21.9 Å². The number of carbonyl (C=O) groups excluding carboxylic acids is 1. The third-order valence-corrected chi connectivity index (χ3v) is 3.51. The van der Waals surface area contributed by atoms with E-state index in [2.05, 4.69) is 0 Å². The monoisotopic (exact) mass is 272 g/mol. The summed E-state index contributed by atoms with van der Waals surface area (Å²) in [5, 5.41) is 0. The van der Waals surface area contributed by atoms with Crippen molar-refractivity contribution < 1.29 is 9.53 Å². The highest BCUT2D eigenvalue weighted by molar-refractivity contribution is 5.90. The van der Waals surface area contributed by atoms with Gasteiger partial charge in [-0.25, -0.2) is 9.48 Å². The number of hydrogen-bond donors (Lipinski definition) is 0. The Morgan fingerprint density at radius 3 is 2.75 bits per heavy atom. The van der Waals surface area contributed by atoms with E-state index in [-0.39, 0.29) is 17.7 Å². The molecule has 1 aromatic carbocycles. The number of fused-ring (bicyclic) bond motifs is 1. The molecular weight excluding hydrogens is 256 g/mol. The molecule has 1 aromatic heterocycles. The lowest BCUT2D eigenvalue weighted by Crippen LogP contribution is -2.24. The molecule has 0 fully saturated rings. The number of para-hydroxylation sites is 1. The van der Waals surface area contributed by atoms with Gasteiger partial charge in [-0.05, 0) is 31.9 Å². The maximum absolute atomic E-state index is 12.6. The minimum Gasteiger partial charge on any atom is -0.462 e. The molecule has 0 bridgehead atoms. The van der Waals surface area contributed by atoms with Crippen LogP contribution in [0.15, 0.2) is 35.1 Å². The van der Waals surface area contributed by atoms with Gasteiger partial charge < -0.3 is 4.74 Å². The van der Waals surface area contributed by atoms with Gasteiger partial charge in [-0.2, -0.15) is 0 Å². The first-order chi connectivity index (χ1) is 9.74. The fourth-order valence-electron chi connectivity index (χ4n) is 2.71. The van der Waals surface area contributed by atoms with Gasteiger partial charge in [-0.1, -0.05) is 18.2 Å². The van der Waals surface area contributed by atoms with E-state index in [1.807, 2.05) is 35.0 Å². The molecule has 1 aliphatic heterocycles. The summed E-state index contributed by atoms with van der Waals surface area (Å²) in [5.41, 5.74) is 1.46. The molecule has 3 rings (SSSR count). The summed E-state index contributed by atoms with van der Waals surface area (Å²) >= 11 is 0. The van der Waals surface area contributed by atoms with Crippen LogP contribution in [0.2, 0.25) is 0 Å². The summed E-state index contributed by atoms with van der Waals surface area (Å²) in [7, 11) is 0. The molecule has 5 nitrogen and oxygen atoms in total. The van der Waals surface area contributed by atoms with Crippen LogP contribution in [0.5, 0.6) is 0 Å². The van der Waals surface area contributed by atoms with Crippen molar-refractivity contribution in [2.24, 2.45) is 0 Å². The van der Waals surface area contributed by atoms with Crippen molar-refractivity contribution in [2.45, 2.75) is 26.3 Å². The Morgan fingerprint density at radius 1 is 1.30 bits per heavy atom. The molecule has 0 unspecified atom stereocenters. The zero-order chi connectivity index (χ0) is 14.1. The summed E-state index contributed by atoms with van der Waals surface area (Å²) in [6.45, 7) is 2.76. The smallest absolute Gasteiger partial charge is 0.345 e. The van der Waals surface area contributed by atoms with Crippen molar-refractivity contribution in [1.82, 2.24) is 9.36 Å². The Kier molecular flexibility index (Phi) is 3.18. The van der Waals surface area contributed by atoms with E-state index in [1.54, 1.807) is 11.6 Å². The fourth-order valence-corrected chi connectivity index (χ4v) is 2.71. The largest absolute Gasteiger partial charge is 0.462 e. The zero-order valence-electron chi connectivity index (χ0n) is 11.3. The molecule has 2 aromatic rings. The van der Waals surface area contributed by atoms with Crippen LogP contribution < -0.4 is 5.56 Å². The van der Waals surface area contributed by atoms with Gasteiger partial charge in [0.1, 0.15) is 5.56 Å². The van der Waals surface area contributed by atoms with E-state index in [9.17, 15) is 9.59 Å². The Bertz CT molecular complexity index is 698. The van der Waals surface area contributed by atoms with Gasteiger partial charge in [-0.15, -0.1) is 0 Å². The second-order valence-electron chi connectivity index (χ2n) is 4.72. The van der Waals surface area contributed by atoms with E-state index in [1.165, 1.54) is 0 Å². The molecule has 5 heteroatoms. The lowest BCUT2D eigenvalue weighted by atomic mass is 10.2. The Morgan fingerprint density at radius 2 is 2.05 bits per heavy atom. The number of aromatic nitrogens is 2. The molecule has 0 atom stereocenters. The predicted octanol–water partition coefficient (Wildman–Crippen LogP) is 1.76. The molecule has 0 saturated carbocycles. The van der Waals surface area contributed by atoms with Crippen molar-refractivity contribution >= 4 is 5.97 Å². The molecule has 0 radical (unpaired) electrons. The molecule has 0 saturated heterocycles. The second kappa shape index (κ2) is 5.00. The topological polar surface area (TPSA) is 53.2 Å². The van der Waals surface area contributed by atoms with Gasteiger partial charge >= 0.3 is 5.97 Å². The van der Waals surface area contributed by atoms with Crippen LogP contribution in [-0.2, 0) is 17.7 Å². The highest BCUT2D eigenvalue weighted by Gasteiger charge is 2.29. The average molecular weight is 272 g/mol. The van der Waals surface area contributed by atoms with E-state index < -0.39 is 5.97 Å². The first-order valence-electron chi connectivity index (χ1n) is 6.81. The minimum atomic E-state index is -0.516. The molecule has 104 valence electrons. The Balaban J connectivity index is 2.20. The second-order valence-corrected chi connectivity index (χ2v) is 4.72. The van der Waals surface area contributed by atoms with E-state index in [0.717, 1.165) is 30.8 Å². The highest BCUT2D eigenvalue weighted by Crippen LogP contribution is 2.20. The standard InChI is InChI=1S/C15H16N2O3/c1-2-20-15(19)13-12-9-6-10-16(12)17(14(13)18)11-7-4-3-5-8-11/h3-5,7-8H,2,6,9-10H2,1H3. The van der Waals surface area contributed by atoms with Crippen molar-refractivity contribution in [3.05, 3.63) is 51.9 Å². The van der Waals surface area contributed by atoms with Gasteiger partial charge in [-0.3, -0.25) is 9.48 Å². The van der Waals surface area contributed by atoms with Crippen LogP contribution in [0.3, 0.4) is 0 Å². The quantitative estimate of drug-likeness (QED) is 0.800. The third kappa shape index (κ3) is 1.86. The fraction of sp³-hybridized carbons (Fsp3) is 0.333. The average Bonchev–Trinajstić information content (AvgIpc) is 2.99. The number of nitrogens with zero attached hydrogens (tertiary/aromatic N) is 2. The molecule has 0 N–H and O–H groups in total. The van der Waals surface area contributed by atoms with Crippen LogP contribution >= 0.6 is 0 Å². The SMILES string of the molecule is CCOC(=O)c1c2n(n(-c3ccccc3)c1=O)CCC2. The van der Waals surface area contributed by atoms with Crippen LogP contribution in [0.25, 0.3) is 5.69 Å². The summed E-state index contributed by atoms with van der Waals surface area (Å²) in [4.78, 5) is 24.6. The van der Waals surface area contributed by atoms with Gasteiger partial charge in [0.2, 0.25) is 0 Å². The first kappa shape index (κ1) is 12.7. The molecule has 20 heavy (non-hydrogen) atoms. The van der Waals surface area contributed by atoms with Gasteiger partial charge in [0, 0.05) is 6.54 Å². The number of rotatable bonds is 3. The van der Waals surface area contributed by atoms with Crippen molar-refractivity contribution in [1.29, 1.82) is 0 Å². The molecule has 0 spiro atoms. The number of carbonyl (C=O) groups is 1. The highest BCUT2D eigenvalue weighted by atomic mass is 16.5. The Labute approximate surface area is 116 Å². The van der Waals surface area contributed by atoms with E-state index in [0.29, 0.717) is 0 Å². The van der Waals surface area contributed by atoms with Gasteiger partial charge in [0.15, 0.2) is 0 Å². The maximum atomic E-state index is 12.6. The van der Waals surface area contributed by atoms with Gasteiger partial charge in [0.05, 0.1) is 18.0 Å². The maximum Gasteiger partial charge on any atom is 0.345 e. The molecule has 0 aliphatic carbocycles. The summed E-state index contributed by atoms with van der Waals surface area (Å²) in [6, 6.07) is 9.37. The Hall–Kier alpha value is -2.30. The van der Waals surface area contributed by atoms with E-state index >= 15 is 0 Å².